The Bertz CT molecular complexity index is 534. The monoisotopic (exact) mass is 302 g/mol. The molecule has 0 radical (unpaired) electrons. The van der Waals surface area contributed by atoms with E-state index in [2.05, 4.69) is 20.2 Å². The topological polar surface area (TPSA) is 60.8 Å². The molecule has 5 nitrogen and oxygen atoms in total. The van der Waals surface area contributed by atoms with Gasteiger partial charge in [0.2, 0.25) is 0 Å². The van der Waals surface area contributed by atoms with Crippen LogP contribution in [0.2, 0.25) is 5.15 Å². The molecule has 0 spiro atoms. The molecule has 0 aliphatic heterocycles. The van der Waals surface area contributed by atoms with Crippen LogP contribution in [0.25, 0.3) is 0 Å². The van der Waals surface area contributed by atoms with E-state index in [0.717, 1.165) is 14.4 Å². The summed E-state index contributed by atoms with van der Waals surface area (Å²) in [4.78, 5) is 8.46. The Hall–Kier alpha value is -0.760. The van der Waals surface area contributed by atoms with E-state index < -0.39 is 0 Å². The summed E-state index contributed by atoms with van der Waals surface area (Å²) >= 11 is 8.89. The van der Waals surface area contributed by atoms with Crippen molar-refractivity contribution in [1.82, 2.24) is 20.2 Å². The lowest BCUT2D eigenvalue weighted by atomic mass is 10.6. The van der Waals surface area contributed by atoms with Crippen LogP contribution in [0.15, 0.2) is 15.4 Å². The fourth-order valence-corrected chi connectivity index (χ4v) is 3.21. The van der Waals surface area contributed by atoms with Crippen molar-refractivity contribution in [3.05, 3.63) is 22.1 Å². The first kappa shape index (κ1) is 13.7. The highest BCUT2D eigenvalue weighted by Gasteiger charge is 2.08. The van der Waals surface area contributed by atoms with Gasteiger partial charge in [0.1, 0.15) is 21.8 Å². The molecule has 0 saturated heterocycles. The molecule has 8 heteroatoms. The molecule has 0 amide bonds. The molecule has 0 fully saturated rings. The summed E-state index contributed by atoms with van der Waals surface area (Å²) in [6.07, 6.45) is 0. The van der Waals surface area contributed by atoms with E-state index in [-0.39, 0.29) is 0 Å². The predicted molar refractivity (Wildman–Crippen MR) is 71.1 cm³/mol. The summed E-state index contributed by atoms with van der Waals surface area (Å²) < 4.78 is 6.10. The number of aromatic nitrogens is 4. The van der Waals surface area contributed by atoms with Gasteiger partial charge in [-0.2, -0.15) is 0 Å². The highest BCUT2D eigenvalue weighted by molar-refractivity contribution is 8.01. The quantitative estimate of drug-likeness (QED) is 0.791. The van der Waals surface area contributed by atoms with Crippen LogP contribution in [0.3, 0.4) is 0 Å². The SMILES string of the molecule is CCOCc1nc(Cl)cc(Sc2nnc(C)s2)n1. The maximum absolute atomic E-state index is 5.95. The van der Waals surface area contributed by atoms with E-state index >= 15 is 0 Å². The number of ether oxygens (including phenoxy) is 1. The molecule has 0 aromatic carbocycles. The van der Waals surface area contributed by atoms with Crippen LogP contribution in [-0.2, 0) is 11.3 Å². The highest BCUT2D eigenvalue weighted by Crippen LogP contribution is 2.29. The van der Waals surface area contributed by atoms with Crippen LogP contribution in [0.1, 0.15) is 17.8 Å². The van der Waals surface area contributed by atoms with Crippen molar-refractivity contribution >= 4 is 34.7 Å². The molecule has 0 atom stereocenters. The first-order chi connectivity index (χ1) is 8.67. The zero-order valence-electron chi connectivity index (χ0n) is 9.88. The molecule has 2 rings (SSSR count). The van der Waals surface area contributed by atoms with Gasteiger partial charge in [0.25, 0.3) is 0 Å². The van der Waals surface area contributed by atoms with Crippen LogP contribution >= 0.6 is 34.7 Å². The maximum atomic E-state index is 5.95. The lowest BCUT2D eigenvalue weighted by molar-refractivity contribution is 0.128. The van der Waals surface area contributed by atoms with Crippen LogP contribution in [-0.4, -0.2) is 26.8 Å². The third-order valence-corrected chi connectivity index (χ3v) is 3.85. The summed E-state index contributed by atoms with van der Waals surface area (Å²) in [7, 11) is 0. The molecule has 0 bridgehead atoms. The maximum Gasteiger partial charge on any atom is 0.180 e. The Morgan fingerprint density at radius 2 is 2.22 bits per heavy atom. The zero-order chi connectivity index (χ0) is 13.0. The predicted octanol–water partition coefficient (Wildman–Crippen LogP) is 2.98. The van der Waals surface area contributed by atoms with Crippen molar-refractivity contribution in [2.24, 2.45) is 0 Å². The molecule has 0 aliphatic rings. The summed E-state index contributed by atoms with van der Waals surface area (Å²) in [5, 5.41) is 10.1. The van der Waals surface area contributed by atoms with Crippen LogP contribution in [0, 0.1) is 6.92 Å². The molecule has 2 aromatic rings. The molecular weight excluding hydrogens is 292 g/mol. The molecular formula is C10H11ClN4OS2. The summed E-state index contributed by atoms with van der Waals surface area (Å²) in [5.41, 5.74) is 0. The number of hydrogen-bond donors (Lipinski definition) is 0. The minimum Gasteiger partial charge on any atom is -0.374 e. The van der Waals surface area contributed by atoms with E-state index in [0.29, 0.717) is 24.2 Å². The van der Waals surface area contributed by atoms with Crippen molar-refractivity contribution in [1.29, 1.82) is 0 Å². The van der Waals surface area contributed by atoms with E-state index in [1.807, 2.05) is 13.8 Å². The molecule has 96 valence electrons. The van der Waals surface area contributed by atoms with Crippen molar-refractivity contribution < 1.29 is 4.74 Å². The van der Waals surface area contributed by atoms with Gasteiger partial charge in [0.15, 0.2) is 10.2 Å². The molecule has 0 N–H and O–H groups in total. The van der Waals surface area contributed by atoms with Crippen LogP contribution in [0.5, 0.6) is 0 Å². The lowest BCUT2D eigenvalue weighted by Gasteiger charge is -2.03. The lowest BCUT2D eigenvalue weighted by Crippen LogP contribution is -2.00. The van der Waals surface area contributed by atoms with Crippen molar-refractivity contribution in [3.63, 3.8) is 0 Å². The third kappa shape index (κ3) is 3.88. The van der Waals surface area contributed by atoms with Gasteiger partial charge in [-0.15, -0.1) is 10.2 Å². The van der Waals surface area contributed by atoms with Crippen molar-refractivity contribution in [3.8, 4) is 0 Å². The van der Waals surface area contributed by atoms with E-state index in [4.69, 9.17) is 16.3 Å². The Labute approximate surface area is 118 Å². The first-order valence-corrected chi connectivity index (χ1v) is 7.27. The second-order valence-electron chi connectivity index (χ2n) is 3.27. The van der Waals surface area contributed by atoms with E-state index in [1.54, 1.807) is 6.07 Å². The Morgan fingerprint density at radius 3 is 2.89 bits per heavy atom. The summed E-state index contributed by atoms with van der Waals surface area (Å²) in [6, 6.07) is 1.71. The fraction of sp³-hybridized carbons (Fsp3) is 0.400. The molecule has 0 saturated carbocycles. The second-order valence-corrected chi connectivity index (χ2v) is 6.11. The molecule has 0 aliphatic carbocycles. The minimum atomic E-state index is 0.361. The zero-order valence-corrected chi connectivity index (χ0v) is 12.3. The first-order valence-electron chi connectivity index (χ1n) is 5.26. The average molecular weight is 303 g/mol. The van der Waals surface area contributed by atoms with Gasteiger partial charge in [-0.3, -0.25) is 0 Å². The van der Waals surface area contributed by atoms with Gasteiger partial charge in [0.05, 0.1) is 0 Å². The van der Waals surface area contributed by atoms with Crippen LogP contribution in [0.4, 0.5) is 0 Å². The number of rotatable bonds is 5. The Morgan fingerprint density at radius 1 is 1.39 bits per heavy atom. The largest absolute Gasteiger partial charge is 0.374 e. The van der Waals surface area contributed by atoms with Gasteiger partial charge >= 0.3 is 0 Å². The average Bonchev–Trinajstić information content (AvgIpc) is 2.71. The number of nitrogens with zero attached hydrogens (tertiary/aromatic N) is 4. The fourth-order valence-electron chi connectivity index (χ4n) is 1.16. The standard InChI is InChI=1S/C10H11ClN4OS2/c1-3-16-5-8-12-7(11)4-9(13-8)18-10-15-14-6(2)17-10/h4H,3,5H2,1-2H3. The molecule has 0 unspecified atom stereocenters. The summed E-state index contributed by atoms with van der Waals surface area (Å²) in [5.74, 6) is 0.577. The Kier molecular flexibility index (Phi) is 4.87. The van der Waals surface area contributed by atoms with Crippen molar-refractivity contribution in [2.45, 2.75) is 29.8 Å². The van der Waals surface area contributed by atoms with Crippen LogP contribution < -0.4 is 0 Å². The highest BCUT2D eigenvalue weighted by atomic mass is 35.5. The van der Waals surface area contributed by atoms with Gasteiger partial charge in [-0.1, -0.05) is 22.9 Å². The molecule has 2 heterocycles. The van der Waals surface area contributed by atoms with Gasteiger partial charge in [0, 0.05) is 12.7 Å². The molecule has 18 heavy (non-hydrogen) atoms. The number of hydrogen-bond acceptors (Lipinski definition) is 7. The van der Waals surface area contributed by atoms with Crippen molar-refractivity contribution in [2.75, 3.05) is 6.61 Å². The van der Waals surface area contributed by atoms with Gasteiger partial charge in [-0.25, -0.2) is 9.97 Å². The number of aryl methyl sites for hydroxylation is 1. The minimum absolute atomic E-state index is 0.361. The van der Waals surface area contributed by atoms with E-state index in [1.165, 1.54) is 23.1 Å². The molecule has 2 aromatic heterocycles. The normalized spacial score (nSPS) is 10.8. The third-order valence-electron chi connectivity index (χ3n) is 1.85. The van der Waals surface area contributed by atoms with E-state index in [9.17, 15) is 0 Å². The Balaban J connectivity index is 2.14. The van der Waals surface area contributed by atoms with Gasteiger partial charge < -0.3 is 4.74 Å². The van der Waals surface area contributed by atoms with Gasteiger partial charge in [-0.05, 0) is 25.6 Å². The summed E-state index contributed by atoms with van der Waals surface area (Å²) in [6.45, 7) is 4.81. The smallest absolute Gasteiger partial charge is 0.180 e. The number of halogens is 1. The second kappa shape index (κ2) is 6.42.